The van der Waals surface area contributed by atoms with E-state index in [1.54, 1.807) is 24.3 Å². The third-order valence-corrected chi connectivity index (χ3v) is 4.35. The number of ether oxygens (including phenoxy) is 1. The molecule has 0 aliphatic carbocycles. The third kappa shape index (κ3) is 4.11. The molecule has 1 aromatic carbocycles. The van der Waals surface area contributed by atoms with Crippen molar-refractivity contribution in [1.82, 2.24) is 10.3 Å². The Hall–Kier alpha value is -3.09. The Morgan fingerprint density at radius 1 is 1.35 bits per heavy atom. The number of methoxy groups -OCH3 is 1. The molecule has 1 unspecified atom stereocenters. The number of likely N-dealkylation sites (tertiary alicyclic amines) is 1. The van der Waals surface area contributed by atoms with Crippen LogP contribution in [0.3, 0.4) is 0 Å². The van der Waals surface area contributed by atoms with E-state index in [-0.39, 0.29) is 18.2 Å². The molecule has 0 radical (unpaired) electrons. The van der Waals surface area contributed by atoms with Crippen molar-refractivity contribution < 1.29 is 18.7 Å². The molecule has 0 saturated carbocycles. The van der Waals surface area contributed by atoms with Gasteiger partial charge in [-0.2, -0.15) is 5.10 Å². The maximum absolute atomic E-state index is 12.3. The maximum atomic E-state index is 12.3. The van der Waals surface area contributed by atoms with Crippen LogP contribution in [0.25, 0.3) is 0 Å². The van der Waals surface area contributed by atoms with Crippen molar-refractivity contribution in [2.24, 2.45) is 11.0 Å². The van der Waals surface area contributed by atoms with Crippen LogP contribution in [0.15, 0.2) is 52.2 Å². The molecule has 1 aliphatic rings. The molecule has 3 rings (SSSR count). The van der Waals surface area contributed by atoms with Crippen LogP contribution in [0.4, 0.5) is 0 Å². The summed E-state index contributed by atoms with van der Waals surface area (Å²) < 4.78 is 10.4. The molecule has 7 nitrogen and oxygen atoms in total. The van der Waals surface area contributed by atoms with Gasteiger partial charge in [0.25, 0.3) is 0 Å². The number of carbonyl (C=O) groups is 2. The minimum absolute atomic E-state index is 0.0580. The van der Waals surface area contributed by atoms with Gasteiger partial charge in [-0.15, -0.1) is 0 Å². The fraction of sp³-hybridized carbons (Fsp3) is 0.316. The van der Waals surface area contributed by atoms with E-state index in [9.17, 15) is 9.59 Å². The molecule has 1 aliphatic heterocycles. The van der Waals surface area contributed by atoms with Crippen LogP contribution in [-0.4, -0.2) is 36.1 Å². The zero-order valence-electron chi connectivity index (χ0n) is 14.8. The predicted molar refractivity (Wildman–Crippen MR) is 95.6 cm³/mol. The van der Waals surface area contributed by atoms with Crippen LogP contribution < -0.4 is 10.2 Å². The summed E-state index contributed by atoms with van der Waals surface area (Å²) in [5.74, 6) is 0.731. The molecule has 26 heavy (non-hydrogen) atoms. The van der Waals surface area contributed by atoms with Gasteiger partial charge >= 0.3 is 0 Å². The van der Waals surface area contributed by atoms with Crippen LogP contribution in [0.5, 0.6) is 5.75 Å². The van der Waals surface area contributed by atoms with Crippen molar-refractivity contribution in [3.05, 3.63) is 54.0 Å². The van der Waals surface area contributed by atoms with Crippen LogP contribution in [0.1, 0.15) is 24.7 Å². The Bertz CT molecular complexity index is 797. The van der Waals surface area contributed by atoms with Gasteiger partial charge in [-0.1, -0.05) is 0 Å². The zero-order chi connectivity index (χ0) is 18.5. The molecule has 1 aromatic heterocycles. The maximum Gasteiger partial charge on any atom is 0.245 e. The summed E-state index contributed by atoms with van der Waals surface area (Å²) in [7, 11) is 1.61. The highest BCUT2D eigenvalue weighted by Crippen LogP contribution is 2.20. The van der Waals surface area contributed by atoms with Gasteiger partial charge in [0.05, 0.1) is 31.5 Å². The van der Waals surface area contributed by atoms with Gasteiger partial charge in [0.1, 0.15) is 11.5 Å². The van der Waals surface area contributed by atoms with Crippen molar-refractivity contribution >= 4 is 17.5 Å². The molecule has 2 aromatic rings. The summed E-state index contributed by atoms with van der Waals surface area (Å²) in [5.41, 5.74) is 4.13. The van der Waals surface area contributed by atoms with E-state index in [0.717, 1.165) is 11.3 Å². The molecule has 136 valence electrons. The number of carbonyl (C=O) groups excluding carboxylic acids is 2. The Labute approximate surface area is 151 Å². The van der Waals surface area contributed by atoms with Crippen molar-refractivity contribution in [3.8, 4) is 5.75 Å². The van der Waals surface area contributed by atoms with E-state index in [4.69, 9.17) is 9.15 Å². The molecule has 0 spiro atoms. The van der Waals surface area contributed by atoms with Gasteiger partial charge in [-0.3, -0.25) is 9.59 Å². The molecular weight excluding hydrogens is 334 g/mol. The standard InChI is InChI=1S/C19H21N3O4/c1-13(14-5-7-16(25-2)8-6-14)20-21-19(24)15-10-18(23)22(11-15)12-17-4-3-9-26-17/h3-9,15H,10-12H2,1-2H3,(H,21,24)/b20-13+. The molecule has 1 atom stereocenters. The molecule has 1 saturated heterocycles. The monoisotopic (exact) mass is 355 g/mol. The van der Waals surface area contributed by atoms with Crippen LogP contribution in [0, 0.1) is 5.92 Å². The lowest BCUT2D eigenvalue weighted by molar-refractivity contribution is -0.129. The smallest absolute Gasteiger partial charge is 0.245 e. The fourth-order valence-corrected chi connectivity index (χ4v) is 2.82. The largest absolute Gasteiger partial charge is 0.497 e. The van der Waals surface area contributed by atoms with Crippen LogP contribution >= 0.6 is 0 Å². The lowest BCUT2D eigenvalue weighted by Gasteiger charge is -2.14. The summed E-state index contributed by atoms with van der Waals surface area (Å²) in [6.07, 6.45) is 1.75. The predicted octanol–water partition coefficient (Wildman–Crippen LogP) is 2.18. The lowest BCUT2D eigenvalue weighted by atomic mass is 10.1. The zero-order valence-corrected chi connectivity index (χ0v) is 14.8. The van der Waals surface area contributed by atoms with Gasteiger partial charge in [-0.25, -0.2) is 5.43 Å². The SMILES string of the molecule is COc1ccc(/C(C)=N/NC(=O)C2CC(=O)N(Cc3ccco3)C2)cc1. The Morgan fingerprint density at radius 3 is 2.77 bits per heavy atom. The molecule has 2 amide bonds. The van der Waals surface area contributed by atoms with Gasteiger partial charge in [0.2, 0.25) is 11.8 Å². The second-order valence-electron chi connectivity index (χ2n) is 6.16. The van der Waals surface area contributed by atoms with E-state index < -0.39 is 5.92 Å². The number of rotatable bonds is 6. The molecule has 7 heteroatoms. The summed E-state index contributed by atoms with van der Waals surface area (Å²) in [6.45, 7) is 2.55. The molecule has 1 N–H and O–H groups in total. The summed E-state index contributed by atoms with van der Waals surface area (Å²) >= 11 is 0. The summed E-state index contributed by atoms with van der Waals surface area (Å²) in [5, 5.41) is 4.15. The second kappa shape index (κ2) is 7.86. The first-order valence-corrected chi connectivity index (χ1v) is 8.35. The van der Waals surface area contributed by atoms with E-state index in [0.29, 0.717) is 24.6 Å². The number of hydrazone groups is 1. The fourth-order valence-electron chi connectivity index (χ4n) is 2.82. The van der Waals surface area contributed by atoms with Crippen molar-refractivity contribution in [1.29, 1.82) is 0 Å². The lowest BCUT2D eigenvalue weighted by Crippen LogP contribution is -2.30. The van der Waals surface area contributed by atoms with Gasteiger partial charge in [0.15, 0.2) is 0 Å². The number of hydrogen-bond acceptors (Lipinski definition) is 5. The second-order valence-corrected chi connectivity index (χ2v) is 6.16. The summed E-state index contributed by atoms with van der Waals surface area (Å²) in [4.78, 5) is 26.1. The Kier molecular flexibility index (Phi) is 5.36. The topological polar surface area (TPSA) is 84.1 Å². The van der Waals surface area contributed by atoms with Crippen molar-refractivity contribution in [2.75, 3.05) is 13.7 Å². The first-order valence-electron chi connectivity index (χ1n) is 8.35. The molecule has 2 heterocycles. The average Bonchev–Trinajstić information content (AvgIpc) is 3.30. The first-order chi connectivity index (χ1) is 12.6. The van der Waals surface area contributed by atoms with Crippen molar-refractivity contribution in [2.45, 2.75) is 19.9 Å². The van der Waals surface area contributed by atoms with E-state index >= 15 is 0 Å². The number of amides is 2. The number of benzene rings is 1. The first kappa shape index (κ1) is 17.7. The Morgan fingerprint density at radius 2 is 2.12 bits per heavy atom. The van der Waals surface area contributed by atoms with Crippen LogP contribution in [0.2, 0.25) is 0 Å². The van der Waals surface area contributed by atoms with Crippen molar-refractivity contribution in [3.63, 3.8) is 0 Å². The van der Waals surface area contributed by atoms with E-state index in [1.807, 2.05) is 37.3 Å². The van der Waals surface area contributed by atoms with Gasteiger partial charge in [0, 0.05) is 13.0 Å². The third-order valence-electron chi connectivity index (χ3n) is 4.35. The van der Waals surface area contributed by atoms with Gasteiger partial charge in [-0.05, 0) is 48.9 Å². The molecule has 0 bridgehead atoms. The Balaban J connectivity index is 1.56. The average molecular weight is 355 g/mol. The normalized spacial score (nSPS) is 17.5. The number of furan rings is 1. The number of nitrogens with zero attached hydrogens (tertiary/aromatic N) is 2. The van der Waals surface area contributed by atoms with E-state index in [2.05, 4.69) is 10.5 Å². The van der Waals surface area contributed by atoms with Gasteiger partial charge < -0.3 is 14.1 Å². The highest BCUT2D eigenvalue weighted by molar-refractivity contribution is 5.99. The number of nitrogens with one attached hydrogen (secondary N) is 1. The quantitative estimate of drug-likeness (QED) is 0.636. The van der Waals surface area contributed by atoms with E-state index in [1.165, 1.54) is 0 Å². The van der Waals surface area contributed by atoms with Crippen LogP contribution in [-0.2, 0) is 16.1 Å². The molecular formula is C19H21N3O4. The minimum atomic E-state index is -0.412. The number of hydrogen-bond donors (Lipinski definition) is 1. The highest BCUT2D eigenvalue weighted by Gasteiger charge is 2.34. The minimum Gasteiger partial charge on any atom is -0.497 e. The molecule has 1 fully saturated rings. The highest BCUT2D eigenvalue weighted by atomic mass is 16.5. The summed E-state index contributed by atoms with van der Waals surface area (Å²) in [6, 6.07) is 11.0.